The molecule has 5 heteroatoms. The zero-order valence-electron chi connectivity index (χ0n) is 12.1. The summed E-state index contributed by atoms with van der Waals surface area (Å²) in [6.45, 7) is 3.31. The Labute approximate surface area is 114 Å². The lowest BCUT2D eigenvalue weighted by atomic mass is 10.1. The van der Waals surface area contributed by atoms with Gasteiger partial charge in [0, 0.05) is 43.4 Å². The van der Waals surface area contributed by atoms with Crippen LogP contribution in [0, 0.1) is 5.92 Å². The predicted molar refractivity (Wildman–Crippen MR) is 77.0 cm³/mol. The first-order valence-corrected chi connectivity index (χ1v) is 6.30. The van der Waals surface area contributed by atoms with Crippen LogP contribution in [0.4, 0.5) is 5.69 Å². The fourth-order valence-corrected chi connectivity index (χ4v) is 2.04. The summed E-state index contributed by atoms with van der Waals surface area (Å²) >= 11 is 0. The highest BCUT2D eigenvalue weighted by atomic mass is 16.5. The van der Waals surface area contributed by atoms with E-state index in [2.05, 4.69) is 10.2 Å². The second-order valence-corrected chi connectivity index (χ2v) is 4.78. The smallest absolute Gasteiger partial charge is 0.223 e. The molecule has 106 valence electrons. The quantitative estimate of drug-likeness (QED) is 0.756. The molecule has 0 radical (unpaired) electrons. The number of nitrogens with zero attached hydrogens (tertiary/aromatic N) is 1. The monoisotopic (exact) mass is 265 g/mol. The minimum atomic E-state index is -0.0465. The first-order chi connectivity index (χ1) is 8.97. The molecule has 1 rings (SSSR count). The molecule has 0 fully saturated rings. The molecule has 19 heavy (non-hydrogen) atoms. The van der Waals surface area contributed by atoms with Crippen LogP contribution in [-0.2, 0) is 11.3 Å². The highest BCUT2D eigenvalue weighted by Gasteiger charge is 2.14. The maximum atomic E-state index is 11.5. The number of nitrogens with one attached hydrogen (secondary N) is 1. The molecule has 0 saturated carbocycles. The summed E-state index contributed by atoms with van der Waals surface area (Å²) in [6.07, 6.45) is 0. The van der Waals surface area contributed by atoms with Crippen molar-refractivity contribution in [2.24, 2.45) is 5.92 Å². The van der Waals surface area contributed by atoms with Crippen LogP contribution < -0.4 is 15.8 Å². The molecule has 1 aromatic carbocycles. The van der Waals surface area contributed by atoms with Crippen molar-refractivity contribution in [1.82, 2.24) is 10.2 Å². The Kier molecular flexibility index (Phi) is 5.63. The fourth-order valence-electron chi connectivity index (χ4n) is 2.04. The molecule has 0 aromatic heterocycles. The van der Waals surface area contributed by atoms with Crippen LogP contribution in [-0.4, -0.2) is 38.6 Å². The Balaban J connectivity index is 2.66. The first kappa shape index (κ1) is 15.3. The Morgan fingerprint density at radius 1 is 1.53 bits per heavy atom. The van der Waals surface area contributed by atoms with Gasteiger partial charge in [0.2, 0.25) is 5.91 Å². The lowest BCUT2D eigenvalue weighted by molar-refractivity contribution is -0.124. The zero-order chi connectivity index (χ0) is 14.4. The van der Waals surface area contributed by atoms with Crippen molar-refractivity contribution in [3.8, 4) is 5.75 Å². The number of nitrogen functional groups attached to an aromatic ring is 1. The first-order valence-electron chi connectivity index (χ1n) is 6.30. The lowest BCUT2D eigenvalue weighted by Crippen LogP contribution is -2.34. The van der Waals surface area contributed by atoms with Crippen LogP contribution in [0.1, 0.15) is 12.5 Å². The molecule has 1 amide bonds. The van der Waals surface area contributed by atoms with E-state index >= 15 is 0 Å². The number of hydrogen-bond donors (Lipinski definition) is 2. The fraction of sp³-hybridized carbons (Fsp3) is 0.500. The summed E-state index contributed by atoms with van der Waals surface area (Å²) in [7, 11) is 5.27. The number of rotatable bonds is 6. The third kappa shape index (κ3) is 4.44. The summed E-state index contributed by atoms with van der Waals surface area (Å²) in [4.78, 5) is 13.6. The predicted octanol–water partition coefficient (Wildman–Crippen LogP) is 1.09. The molecular formula is C14H23N3O2. The molecule has 3 N–H and O–H groups in total. The summed E-state index contributed by atoms with van der Waals surface area (Å²) in [6, 6.07) is 5.62. The number of anilines is 1. The number of methoxy groups -OCH3 is 1. The van der Waals surface area contributed by atoms with E-state index in [4.69, 9.17) is 10.5 Å². The molecule has 0 bridgehead atoms. The number of nitrogens with two attached hydrogens (primary N) is 1. The van der Waals surface area contributed by atoms with Gasteiger partial charge in [0.15, 0.2) is 0 Å². The van der Waals surface area contributed by atoms with Crippen LogP contribution in [0.3, 0.4) is 0 Å². The Morgan fingerprint density at radius 3 is 2.79 bits per heavy atom. The van der Waals surface area contributed by atoms with Gasteiger partial charge in [0.1, 0.15) is 5.75 Å². The van der Waals surface area contributed by atoms with Crippen molar-refractivity contribution in [1.29, 1.82) is 0 Å². The number of amides is 1. The van der Waals surface area contributed by atoms with E-state index in [-0.39, 0.29) is 11.8 Å². The summed E-state index contributed by atoms with van der Waals surface area (Å²) in [5.41, 5.74) is 7.47. The van der Waals surface area contributed by atoms with Crippen LogP contribution in [0.5, 0.6) is 5.75 Å². The van der Waals surface area contributed by atoms with Crippen molar-refractivity contribution in [3.63, 3.8) is 0 Å². The van der Waals surface area contributed by atoms with Crippen LogP contribution in [0.15, 0.2) is 18.2 Å². The summed E-state index contributed by atoms with van der Waals surface area (Å²) in [5.74, 6) is 0.783. The molecule has 0 aliphatic carbocycles. The number of carbonyl (C=O) groups is 1. The minimum Gasteiger partial charge on any atom is -0.496 e. The second-order valence-electron chi connectivity index (χ2n) is 4.78. The standard InChI is InChI=1S/C14H23N3O2/c1-10(14(18)16-2)8-17(3)9-11-5-6-12(15)7-13(11)19-4/h5-7,10H,8-9,15H2,1-4H3,(H,16,18). The average Bonchev–Trinajstić information content (AvgIpc) is 2.39. The Hall–Kier alpha value is -1.75. The average molecular weight is 265 g/mol. The minimum absolute atomic E-state index is 0.0465. The van der Waals surface area contributed by atoms with Gasteiger partial charge in [-0.2, -0.15) is 0 Å². The summed E-state index contributed by atoms with van der Waals surface area (Å²) in [5, 5.41) is 2.66. The van der Waals surface area contributed by atoms with E-state index in [0.717, 1.165) is 11.3 Å². The topological polar surface area (TPSA) is 67.6 Å². The van der Waals surface area contributed by atoms with Gasteiger partial charge in [0.05, 0.1) is 7.11 Å². The second kappa shape index (κ2) is 6.99. The van der Waals surface area contributed by atoms with Gasteiger partial charge >= 0.3 is 0 Å². The third-order valence-electron chi connectivity index (χ3n) is 3.03. The van der Waals surface area contributed by atoms with Crippen LogP contribution in [0.25, 0.3) is 0 Å². The van der Waals surface area contributed by atoms with Gasteiger partial charge < -0.3 is 20.7 Å². The van der Waals surface area contributed by atoms with E-state index in [1.807, 2.05) is 32.2 Å². The third-order valence-corrected chi connectivity index (χ3v) is 3.03. The number of hydrogen-bond acceptors (Lipinski definition) is 4. The van der Waals surface area contributed by atoms with Gasteiger partial charge in [-0.25, -0.2) is 0 Å². The molecule has 0 aliphatic heterocycles. The molecule has 0 spiro atoms. The maximum absolute atomic E-state index is 11.5. The molecular weight excluding hydrogens is 242 g/mol. The van der Waals surface area contributed by atoms with Crippen molar-refractivity contribution in [2.75, 3.05) is 33.5 Å². The molecule has 0 heterocycles. The number of ether oxygens (including phenoxy) is 1. The van der Waals surface area contributed by atoms with Gasteiger partial charge in [0.25, 0.3) is 0 Å². The van der Waals surface area contributed by atoms with E-state index in [1.54, 1.807) is 14.2 Å². The molecule has 1 atom stereocenters. The van der Waals surface area contributed by atoms with E-state index in [1.165, 1.54) is 0 Å². The lowest BCUT2D eigenvalue weighted by Gasteiger charge is -2.21. The van der Waals surface area contributed by atoms with Gasteiger partial charge in [-0.05, 0) is 13.1 Å². The van der Waals surface area contributed by atoms with Gasteiger partial charge in [-0.1, -0.05) is 13.0 Å². The van der Waals surface area contributed by atoms with Gasteiger partial charge in [-0.3, -0.25) is 4.79 Å². The van der Waals surface area contributed by atoms with Crippen LogP contribution in [0.2, 0.25) is 0 Å². The summed E-state index contributed by atoms with van der Waals surface area (Å²) < 4.78 is 5.31. The Bertz CT molecular complexity index is 435. The number of carbonyl (C=O) groups excluding carboxylic acids is 1. The van der Waals surface area contributed by atoms with E-state index in [9.17, 15) is 4.79 Å². The van der Waals surface area contributed by atoms with Gasteiger partial charge in [-0.15, -0.1) is 0 Å². The van der Waals surface area contributed by atoms with Crippen LogP contribution >= 0.6 is 0 Å². The van der Waals surface area contributed by atoms with Crippen molar-refractivity contribution < 1.29 is 9.53 Å². The highest BCUT2D eigenvalue weighted by Crippen LogP contribution is 2.22. The molecule has 1 unspecified atom stereocenters. The molecule has 0 saturated heterocycles. The SMILES string of the molecule is CNC(=O)C(C)CN(C)Cc1ccc(N)cc1OC. The Morgan fingerprint density at radius 2 is 2.21 bits per heavy atom. The van der Waals surface area contributed by atoms with E-state index < -0.39 is 0 Å². The van der Waals surface area contributed by atoms with Crippen molar-refractivity contribution in [3.05, 3.63) is 23.8 Å². The molecule has 0 aliphatic rings. The number of benzene rings is 1. The highest BCUT2D eigenvalue weighted by molar-refractivity contribution is 5.78. The largest absolute Gasteiger partial charge is 0.496 e. The molecule has 1 aromatic rings. The van der Waals surface area contributed by atoms with Crippen molar-refractivity contribution in [2.45, 2.75) is 13.5 Å². The normalized spacial score (nSPS) is 12.3. The molecule has 5 nitrogen and oxygen atoms in total. The zero-order valence-corrected chi connectivity index (χ0v) is 12.1. The maximum Gasteiger partial charge on any atom is 0.223 e. The van der Waals surface area contributed by atoms with E-state index in [0.29, 0.717) is 18.8 Å². The van der Waals surface area contributed by atoms with Crippen molar-refractivity contribution >= 4 is 11.6 Å².